The Kier molecular flexibility index (Phi) is 3.82. The minimum absolute atomic E-state index is 0.00110. The summed E-state index contributed by atoms with van der Waals surface area (Å²) in [5.74, 6) is -1.34. The average molecular weight is 313 g/mol. The van der Waals surface area contributed by atoms with Gasteiger partial charge in [0.15, 0.2) is 0 Å². The first-order chi connectivity index (χ1) is 10.2. The van der Waals surface area contributed by atoms with Crippen molar-refractivity contribution in [3.63, 3.8) is 0 Å². The first-order valence-corrected chi connectivity index (χ1v) is 8.01. The molecule has 0 saturated carbocycles. The van der Waals surface area contributed by atoms with Gasteiger partial charge in [0.05, 0.1) is 5.31 Å². The largest absolute Gasteiger partial charge is 0.772 e. The number of carbonyl (C=O) groups excluding carboxylic acids is 2. The molecule has 2 aromatic rings. The van der Waals surface area contributed by atoms with Crippen molar-refractivity contribution in [1.82, 2.24) is 0 Å². The zero-order valence-electron chi connectivity index (χ0n) is 10.9. The van der Waals surface area contributed by atoms with E-state index in [-0.39, 0.29) is 4.91 Å². The van der Waals surface area contributed by atoms with Gasteiger partial charge in [0, 0.05) is 0 Å². The smallest absolute Gasteiger partial charge is 0.345 e. The normalized spacial score (nSPS) is 14.7. The summed E-state index contributed by atoms with van der Waals surface area (Å²) >= 11 is 5.10. The molecule has 0 radical (unpaired) electrons. The predicted octanol–water partition coefficient (Wildman–Crippen LogP) is 1.96. The van der Waals surface area contributed by atoms with Crippen molar-refractivity contribution < 1.29 is 14.3 Å². The molecule has 0 aromatic heterocycles. The van der Waals surface area contributed by atoms with Crippen LogP contribution in [0.4, 0.5) is 0 Å². The Labute approximate surface area is 128 Å². The number of hydrogen-bond donors (Lipinski definition) is 0. The highest BCUT2D eigenvalue weighted by atomic mass is 32.1. The third kappa shape index (κ3) is 2.60. The Morgan fingerprint density at radius 3 is 1.62 bits per heavy atom. The molecule has 21 heavy (non-hydrogen) atoms. The van der Waals surface area contributed by atoms with Gasteiger partial charge in [0.25, 0.3) is 0 Å². The molecule has 0 bridgehead atoms. The van der Waals surface area contributed by atoms with Crippen LogP contribution in [0.1, 0.15) is 0 Å². The Bertz CT molecular complexity index is 686. The number of hydrogen-bond acceptors (Lipinski definition) is 4. The second-order valence-corrected chi connectivity index (χ2v) is 6.92. The molecule has 0 saturated heterocycles. The lowest BCUT2D eigenvalue weighted by Crippen LogP contribution is -2.16. The summed E-state index contributed by atoms with van der Waals surface area (Å²) in [5.41, 5.74) is 0. The molecule has 3 nitrogen and oxygen atoms in total. The highest BCUT2D eigenvalue weighted by Gasteiger charge is 2.33. The molecule has 0 aliphatic carbocycles. The maximum atomic E-state index is 12.0. The van der Waals surface area contributed by atoms with Crippen molar-refractivity contribution >= 4 is 43.1 Å². The van der Waals surface area contributed by atoms with E-state index in [4.69, 9.17) is 12.6 Å². The van der Waals surface area contributed by atoms with Gasteiger partial charge in [-0.1, -0.05) is 65.6 Å². The monoisotopic (exact) mass is 313 g/mol. The lowest BCUT2D eigenvalue weighted by molar-refractivity contribution is -0.150. The number of cyclic esters (lactones) is 2. The number of ether oxygens (including phenoxy) is 1. The Morgan fingerprint density at radius 1 is 0.762 bits per heavy atom. The van der Waals surface area contributed by atoms with Crippen molar-refractivity contribution in [3.8, 4) is 0 Å². The zero-order chi connectivity index (χ0) is 14.8. The SMILES string of the molecule is O=C1OC(=O)C(P(c2ccccc2)c2ccccc2)=C1[S-]. The fraction of sp³-hybridized carbons (Fsp3) is 0. The van der Waals surface area contributed by atoms with Gasteiger partial charge >= 0.3 is 11.9 Å². The van der Waals surface area contributed by atoms with E-state index in [2.05, 4.69) is 4.74 Å². The van der Waals surface area contributed by atoms with Gasteiger partial charge in [0.1, 0.15) is 0 Å². The number of benzene rings is 2. The van der Waals surface area contributed by atoms with Gasteiger partial charge in [-0.15, -0.1) is 0 Å². The molecule has 0 amide bonds. The van der Waals surface area contributed by atoms with Crippen molar-refractivity contribution in [2.45, 2.75) is 0 Å². The molecular formula is C16H10O3PS-. The van der Waals surface area contributed by atoms with Crippen LogP contribution in [-0.2, 0) is 27.0 Å². The Hall–Kier alpha value is -2.03. The van der Waals surface area contributed by atoms with Gasteiger partial charge < -0.3 is 17.4 Å². The summed E-state index contributed by atoms with van der Waals surface area (Å²) in [6.45, 7) is 0. The minimum Gasteiger partial charge on any atom is -0.772 e. The van der Waals surface area contributed by atoms with Crippen LogP contribution < -0.4 is 10.6 Å². The van der Waals surface area contributed by atoms with Crippen LogP contribution in [0.15, 0.2) is 70.9 Å². The molecule has 0 fully saturated rings. The summed E-state index contributed by atoms with van der Waals surface area (Å²) in [4.78, 5) is 23.6. The summed E-state index contributed by atoms with van der Waals surface area (Å²) in [7, 11) is -1.18. The topological polar surface area (TPSA) is 43.4 Å². The second kappa shape index (κ2) is 5.76. The number of esters is 2. The number of carbonyl (C=O) groups is 2. The lowest BCUT2D eigenvalue weighted by atomic mass is 10.4. The third-order valence-electron chi connectivity index (χ3n) is 3.03. The van der Waals surface area contributed by atoms with E-state index < -0.39 is 19.9 Å². The van der Waals surface area contributed by atoms with Crippen LogP contribution >= 0.6 is 7.92 Å². The van der Waals surface area contributed by atoms with E-state index in [1.165, 1.54) is 0 Å². The van der Waals surface area contributed by atoms with E-state index in [0.717, 1.165) is 10.6 Å². The molecule has 2 aromatic carbocycles. The van der Waals surface area contributed by atoms with Gasteiger partial charge in [-0.05, 0) is 18.5 Å². The summed E-state index contributed by atoms with van der Waals surface area (Å²) in [5, 5.41) is 2.23. The van der Waals surface area contributed by atoms with E-state index >= 15 is 0 Å². The van der Waals surface area contributed by atoms with Crippen LogP contribution in [0.25, 0.3) is 0 Å². The molecule has 1 heterocycles. The average Bonchev–Trinajstić information content (AvgIpc) is 2.76. The summed E-state index contributed by atoms with van der Waals surface area (Å²) < 4.78 is 4.67. The molecule has 0 spiro atoms. The predicted molar refractivity (Wildman–Crippen MR) is 84.6 cm³/mol. The van der Waals surface area contributed by atoms with Gasteiger partial charge in [-0.2, -0.15) is 0 Å². The first kappa shape index (κ1) is 13.9. The lowest BCUT2D eigenvalue weighted by Gasteiger charge is -2.20. The molecular weight excluding hydrogens is 303 g/mol. The van der Waals surface area contributed by atoms with Crippen LogP contribution in [0.3, 0.4) is 0 Å². The van der Waals surface area contributed by atoms with Crippen molar-refractivity contribution in [1.29, 1.82) is 0 Å². The molecule has 1 aliphatic heterocycles. The maximum absolute atomic E-state index is 12.0. The van der Waals surface area contributed by atoms with E-state index in [1.807, 2.05) is 60.7 Å². The number of rotatable bonds is 3. The van der Waals surface area contributed by atoms with E-state index in [9.17, 15) is 9.59 Å². The molecule has 1 aliphatic rings. The summed E-state index contributed by atoms with van der Waals surface area (Å²) in [6, 6.07) is 19.2. The summed E-state index contributed by atoms with van der Waals surface area (Å²) in [6.07, 6.45) is 0. The van der Waals surface area contributed by atoms with Crippen LogP contribution in [0.5, 0.6) is 0 Å². The van der Waals surface area contributed by atoms with E-state index in [0.29, 0.717) is 5.31 Å². The van der Waals surface area contributed by atoms with Gasteiger partial charge in [0.2, 0.25) is 0 Å². The van der Waals surface area contributed by atoms with Crippen LogP contribution in [-0.4, -0.2) is 11.9 Å². The standard InChI is InChI=1S/C16H11O3PS/c17-15-13(14(21)16(18)19-15)20(11-7-3-1-4-8-11)12-9-5-2-6-10-12/h1-10,21H/p-1. The van der Waals surface area contributed by atoms with Gasteiger partial charge in [-0.25, -0.2) is 9.59 Å². The minimum atomic E-state index is -1.18. The molecule has 0 atom stereocenters. The van der Waals surface area contributed by atoms with E-state index in [1.54, 1.807) is 0 Å². The molecule has 5 heteroatoms. The fourth-order valence-corrected chi connectivity index (χ4v) is 4.80. The highest BCUT2D eigenvalue weighted by Crippen LogP contribution is 2.47. The first-order valence-electron chi connectivity index (χ1n) is 6.26. The Balaban J connectivity index is 2.19. The zero-order valence-corrected chi connectivity index (χ0v) is 12.6. The van der Waals surface area contributed by atoms with Crippen LogP contribution in [0.2, 0.25) is 0 Å². The Morgan fingerprint density at radius 2 is 1.24 bits per heavy atom. The highest BCUT2D eigenvalue weighted by molar-refractivity contribution is 7.79. The molecule has 0 N–H and O–H groups in total. The quantitative estimate of drug-likeness (QED) is 0.376. The van der Waals surface area contributed by atoms with Crippen molar-refractivity contribution in [2.75, 3.05) is 0 Å². The molecule has 0 unspecified atom stereocenters. The maximum Gasteiger partial charge on any atom is 0.345 e. The van der Waals surface area contributed by atoms with Gasteiger partial charge in [-0.3, -0.25) is 0 Å². The molecule has 104 valence electrons. The third-order valence-corrected chi connectivity index (χ3v) is 6.04. The second-order valence-electron chi connectivity index (χ2n) is 4.36. The molecule has 3 rings (SSSR count). The van der Waals surface area contributed by atoms with Crippen molar-refractivity contribution in [3.05, 3.63) is 70.9 Å². The van der Waals surface area contributed by atoms with Crippen molar-refractivity contribution in [2.24, 2.45) is 0 Å². The van der Waals surface area contributed by atoms with Crippen LogP contribution in [0, 0.1) is 0 Å². The fourth-order valence-electron chi connectivity index (χ4n) is 2.12.